The number of hydrogen-bond acceptors (Lipinski definition) is 3. The number of allylic oxidation sites excluding steroid dienone is 4. The molecule has 1 unspecified atom stereocenters. The molecule has 4 rings (SSSR count). The number of carbonyl (C=O) groups is 1. The molecule has 0 saturated carbocycles. The van der Waals surface area contributed by atoms with Crippen LogP contribution in [0.3, 0.4) is 0 Å². The van der Waals surface area contributed by atoms with Crippen molar-refractivity contribution < 1.29 is 22.4 Å². The smallest absolute Gasteiger partial charge is 0.275 e. The second-order valence-corrected chi connectivity index (χ2v) is 7.14. The standard InChI is InChI=1S/C20H18F4N4O/c21-14-5-13-7-25-2-1-12(13)6-17(14)27-20(29)18-9-28(10-26-18)8-11-3-15(22)19(24)16(23)4-11/h3,5-6,9-11,25H,1-2,4,7-8H2,(H,27,29). The van der Waals surface area contributed by atoms with E-state index in [1.54, 1.807) is 6.07 Å². The van der Waals surface area contributed by atoms with Crippen LogP contribution in [0, 0.1) is 11.7 Å². The average Bonchev–Trinajstić information content (AvgIpc) is 3.15. The van der Waals surface area contributed by atoms with Gasteiger partial charge in [-0.05, 0) is 42.3 Å². The molecule has 0 saturated heterocycles. The van der Waals surface area contributed by atoms with Crippen molar-refractivity contribution in [2.75, 3.05) is 11.9 Å². The Morgan fingerprint density at radius 3 is 2.86 bits per heavy atom. The first-order valence-electron chi connectivity index (χ1n) is 9.17. The van der Waals surface area contributed by atoms with Crippen molar-refractivity contribution >= 4 is 11.6 Å². The Kier molecular flexibility index (Phi) is 5.23. The van der Waals surface area contributed by atoms with Crippen molar-refractivity contribution in [3.05, 3.63) is 70.9 Å². The molecule has 2 N–H and O–H groups in total. The van der Waals surface area contributed by atoms with E-state index >= 15 is 0 Å². The third-order valence-electron chi connectivity index (χ3n) is 5.01. The lowest BCUT2D eigenvalue weighted by atomic mass is 9.99. The molecule has 1 aromatic heterocycles. The number of rotatable bonds is 4. The van der Waals surface area contributed by atoms with E-state index in [0.29, 0.717) is 6.54 Å². The van der Waals surface area contributed by atoms with Gasteiger partial charge in [0.15, 0.2) is 11.7 Å². The first kappa shape index (κ1) is 19.4. The van der Waals surface area contributed by atoms with Crippen LogP contribution in [0.2, 0.25) is 0 Å². The van der Waals surface area contributed by atoms with Crippen LogP contribution in [-0.2, 0) is 19.5 Å². The van der Waals surface area contributed by atoms with Gasteiger partial charge in [-0.25, -0.2) is 22.5 Å². The van der Waals surface area contributed by atoms with E-state index in [-0.39, 0.29) is 24.3 Å². The van der Waals surface area contributed by atoms with E-state index in [1.807, 2.05) is 0 Å². The molecule has 1 atom stereocenters. The van der Waals surface area contributed by atoms with Crippen LogP contribution in [0.1, 0.15) is 28.0 Å². The molecule has 0 bridgehead atoms. The fourth-order valence-electron chi connectivity index (χ4n) is 3.54. The van der Waals surface area contributed by atoms with Crippen LogP contribution in [0.5, 0.6) is 0 Å². The van der Waals surface area contributed by atoms with E-state index in [9.17, 15) is 22.4 Å². The minimum absolute atomic E-state index is 0.0336. The molecular weight excluding hydrogens is 388 g/mol. The van der Waals surface area contributed by atoms with Gasteiger partial charge in [0.25, 0.3) is 5.91 Å². The molecule has 0 fully saturated rings. The molecule has 0 spiro atoms. The number of nitrogens with one attached hydrogen (secondary N) is 2. The van der Waals surface area contributed by atoms with Gasteiger partial charge in [0.1, 0.15) is 17.3 Å². The monoisotopic (exact) mass is 406 g/mol. The number of imidazole rings is 1. The van der Waals surface area contributed by atoms with Gasteiger partial charge >= 0.3 is 0 Å². The second-order valence-electron chi connectivity index (χ2n) is 7.14. The highest BCUT2D eigenvalue weighted by Crippen LogP contribution is 2.32. The molecule has 152 valence electrons. The van der Waals surface area contributed by atoms with Gasteiger partial charge in [0, 0.05) is 31.6 Å². The first-order valence-corrected chi connectivity index (χ1v) is 9.17. The number of benzene rings is 1. The molecular formula is C20H18F4N4O. The third-order valence-corrected chi connectivity index (χ3v) is 5.01. The van der Waals surface area contributed by atoms with Crippen molar-refractivity contribution in [3.8, 4) is 0 Å². The maximum Gasteiger partial charge on any atom is 0.275 e. The normalized spacial score (nSPS) is 19.0. The van der Waals surface area contributed by atoms with Gasteiger partial charge in [-0.1, -0.05) is 0 Å². The van der Waals surface area contributed by atoms with E-state index < -0.39 is 35.1 Å². The van der Waals surface area contributed by atoms with Crippen LogP contribution in [-0.4, -0.2) is 22.0 Å². The Hall–Kier alpha value is -2.94. The molecule has 9 heteroatoms. The molecule has 0 radical (unpaired) electrons. The van der Waals surface area contributed by atoms with Crippen molar-refractivity contribution in [1.29, 1.82) is 0 Å². The molecule has 5 nitrogen and oxygen atoms in total. The number of carbonyl (C=O) groups excluding carboxylic acids is 1. The summed E-state index contributed by atoms with van der Waals surface area (Å²) >= 11 is 0. The number of nitrogens with zero attached hydrogens (tertiary/aromatic N) is 2. The Labute approximate surface area is 164 Å². The minimum atomic E-state index is -1.46. The summed E-state index contributed by atoms with van der Waals surface area (Å²) in [5.41, 5.74) is 1.94. The topological polar surface area (TPSA) is 59.0 Å². The number of hydrogen-bond donors (Lipinski definition) is 2. The van der Waals surface area contributed by atoms with E-state index in [4.69, 9.17) is 0 Å². The number of halogens is 4. The summed E-state index contributed by atoms with van der Waals surface area (Å²) in [6, 6.07) is 3.03. The SMILES string of the molecule is O=C(Nc1cc2c(cc1F)CNCC2)c1cn(CC2C=C(F)C(F)=C(F)C2)cn1. The molecule has 1 amide bonds. The van der Waals surface area contributed by atoms with Crippen LogP contribution >= 0.6 is 0 Å². The highest BCUT2D eigenvalue weighted by atomic mass is 19.2. The summed E-state index contributed by atoms with van der Waals surface area (Å²) in [4.78, 5) is 16.4. The van der Waals surface area contributed by atoms with E-state index in [2.05, 4.69) is 15.6 Å². The lowest BCUT2D eigenvalue weighted by molar-refractivity contribution is 0.102. The Morgan fingerprint density at radius 1 is 1.24 bits per heavy atom. The number of aromatic nitrogens is 2. The summed E-state index contributed by atoms with van der Waals surface area (Å²) in [7, 11) is 0. The van der Waals surface area contributed by atoms with Crippen molar-refractivity contribution in [2.24, 2.45) is 5.92 Å². The van der Waals surface area contributed by atoms with Gasteiger partial charge in [-0.15, -0.1) is 0 Å². The Bertz CT molecular complexity index is 1030. The minimum Gasteiger partial charge on any atom is -0.336 e. The Morgan fingerprint density at radius 2 is 2.07 bits per heavy atom. The number of amides is 1. The van der Waals surface area contributed by atoms with Crippen molar-refractivity contribution in [2.45, 2.75) is 25.9 Å². The largest absolute Gasteiger partial charge is 0.336 e. The van der Waals surface area contributed by atoms with Gasteiger partial charge in [0.2, 0.25) is 0 Å². The molecule has 29 heavy (non-hydrogen) atoms. The van der Waals surface area contributed by atoms with Crippen LogP contribution < -0.4 is 10.6 Å². The van der Waals surface area contributed by atoms with E-state index in [0.717, 1.165) is 30.2 Å². The zero-order valence-corrected chi connectivity index (χ0v) is 15.3. The van der Waals surface area contributed by atoms with Crippen molar-refractivity contribution in [1.82, 2.24) is 14.9 Å². The molecule has 1 aliphatic heterocycles. The fourth-order valence-corrected chi connectivity index (χ4v) is 3.54. The van der Waals surface area contributed by atoms with Gasteiger partial charge < -0.3 is 15.2 Å². The zero-order valence-electron chi connectivity index (χ0n) is 15.3. The molecule has 1 aliphatic carbocycles. The lowest BCUT2D eigenvalue weighted by Crippen LogP contribution is -2.24. The van der Waals surface area contributed by atoms with Gasteiger partial charge in [-0.2, -0.15) is 0 Å². The summed E-state index contributed by atoms with van der Waals surface area (Å²) in [6.07, 6.45) is 4.21. The lowest BCUT2D eigenvalue weighted by Gasteiger charge is -2.18. The van der Waals surface area contributed by atoms with Crippen molar-refractivity contribution in [3.63, 3.8) is 0 Å². The molecule has 2 aliphatic rings. The summed E-state index contributed by atoms with van der Waals surface area (Å²) in [5, 5.41) is 5.67. The van der Waals surface area contributed by atoms with Crippen LogP contribution in [0.25, 0.3) is 0 Å². The molecule has 2 aromatic rings. The van der Waals surface area contributed by atoms with Gasteiger partial charge in [0.05, 0.1) is 12.0 Å². The van der Waals surface area contributed by atoms with Crippen LogP contribution in [0.4, 0.5) is 23.2 Å². The summed E-state index contributed by atoms with van der Waals surface area (Å²) in [5.74, 6) is -5.56. The first-order chi connectivity index (χ1) is 13.9. The Balaban J connectivity index is 1.44. The highest BCUT2D eigenvalue weighted by molar-refractivity contribution is 6.02. The maximum absolute atomic E-state index is 14.3. The predicted octanol–water partition coefficient (Wildman–Crippen LogP) is 3.94. The molecule has 2 heterocycles. The highest BCUT2D eigenvalue weighted by Gasteiger charge is 2.24. The number of fused-ring (bicyclic) bond motifs is 1. The second kappa shape index (κ2) is 7.82. The zero-order chi connectivity index (χ0) is 20.5. The predicted molar refractivity (Wildman–Crippen MR) is 98.5 cm³/mol. The third kappa shape index (κ3) is 4.09. The van der Waals surface area contributed by atoms with E-state index in [1.165, 1.54) is 23.2 Å². The number of anilines is 1. The average molecular weight is 406 g/mol. The van der Waals surface area contributed by atoms with Crippen LogP contribution in [0.15, 0.2) is 48.2 Å². The molecule has 1 aromatic carbocycles. The quantitative estimate of drug-likeness (QED) is 0.757. The summed E-state index contributed by atoms with van der Waals surface area (Å²) in [6.45, 7) is 1.49. The summed E-state index contributed by atoms with van der Waals surface area (Å²) < 4.78 is 55.6. The fraction of sp³-hybridized carbons (Fsp3) is 0.300. The maximum atomic E-state index is 14.3. The van der Waals surface area contributed by atoms with Gasteiger partial charge in [-0.3, -0.25) is 4.79 Å².